The van der Waals surface area contributed by atoms with Crippen LogP contribution in [-0.2, 0) is 4.79 Å². The standard InChI is InChI=1S/C19H17BrF2N2O3/c20-14-4-5-17(16(22)11-14)27-12-18(25)23-6-8-24(9-7-23)19(26)13-2-1-3-15(21)10-13/h1-5,10-11H,6-9,12H2. The Morgan fingerprint density at radius 1 is 1.00 bits per heavy atom. The van der Waals surface area contributed by atoms with E-state index in [1.807, 2.05) is 0 Å². The number of halogens is 3. The number of amides is 2. The molecule has 0 unspecified atom stereocenters. The highest BCUT2D eigenvalue weighted by Crippen LogP contribution is 2.21. The van der Waals surface area contributed by atoms with Gasteiger partial charge in [-0.15, -0.1) is 0 Å². The van der Waals surface area contributed by atoms with Gasteiger partial charge in [0, 0.05) is 36.2 Å². The fourth-order valence-corrected chi connectivity index (χ4v) is 3.12. The van der Waals surface area contributed by atoms with Gasteiger partial charge in [-0.3, -0.25) is 9.59 Å². The monoisotopic (exact) mass is 438 g/mol. The van der Waals surface area contributed by atoms with Gasteiger partial charge in [-0.2, -0.15) is 0 Å². The fourth-order valence-electron chi connectivity index (χ4n) is 2.79. The van der Waals surface area contributed by atoms with Crippen molar-refractivity contribution < 1.29 is 23.1 Å². The SMILES string of the molecule is O=C(COc1ccc(Br)cc1F)N1CCN(C(=O)c2cccc(F)c2)CC1. The summed E-state index contributed by atoms with van der Waals surface area (Å²) in [5, 5.41) is 0. The van der Waals surface area contributed by atoms with Crippen molar-refractivity contribution in [2.45, 2.75) is 0 Å². The number of ether oxygens (including phenoxy) is 1. The lowest BCUT2D eigenvalue weighted by atomic mass is 10.1. The molecule has 1 fully saturated rings. The van der Waals surface area contributed by atoms with Gasteiger partial charge in [-0.05, 0) is 36.4 Å². The van der Waals surface area contributed by atoms with E-state index in [0.717, 1.165) is 0 Å². The third kappa shape index (κ3) is 4.82. The highest BCUT2D eigenvalue weighted by molar-refractivity contribution is 9.10. The van der Waals surface area contributed by atoms with Gasteiger partial charge >= 0.3 is 0 Å². The zero-order valence-corrected chi connectivity index (χ0v) is 15.9. The second-order valence-corrected chi connectivity index (χ2v) is 6.96. The Labute approximate surface area is 163 Å². The Morgan fingerprint density at radius 3 is 2.37 bits per heavy atom. The first-order valence-electron chi connectivity index (χ1n) is 8.34. The summed E-state index contributed by atoms with van der Waals surface area (Å²) >= 11 is 3.15. The van der Waals surface area contributed by atoms with Crippen molar-refractivity contribution in [1.82, 2.24) is 9.80 Å². The number of nitrogens with zero attached hydrogens (tertiary/aromatic N) is 2. The zero-order chi connectivity index (χ0) is 19.4. The lowest BCUT2D eigenvalue weighted by Crippen LogP contribution is -2.51. The molecule has 0 bridgehead atoms. The second kappa shape index (κ2) is 8.47. The summed E-state index contributed by atoms with van der Waals surface area (Å²) in [4.78, 5) is 27.8. The first kappa shape index (κ1) is 19.3. The molecule has 27 heavy (non-hydrogen) atoms. The molecule has 2 amide bonds. The topological polar surface area (TPSA) is 49.9 Å². The Balaban J connectivity index is 1.51. The Morgan fingerprint density at radius 2 is 1.70 bits per heavy atom. The quantitative estimate of drug-likeness (QED) is 0.736. The highest BCUT2D eigenvalue weighted by atomic mass is 79.9. The first-order chi connectivity index (χ1) is 12.9. The van der Waals surface area contributed by atoms with Crippen LogP contribution in [0.2, 0.25) is 0 Å². The summed E-state index contributed by atoms with van der Waals surface area (Å²) in [5.74, 6) is -1.56. The number of carbonyl (C=O) groups excluding carboxylic acids is 2. The number of hydrogen-bond donors (Lipinski definition) is 0. The van der Waals surface area contributed by atoms with Crippen molar-refractivity contribution >= 4 is 27.7 Å². The van der Waals surface area contributed by atoms with Crippen LogP contribution < -0.4 is 4.74 Å². The van der Waals surface area contributed by atoms with Crippen molar-refractivity contribution in [2.24, 2.45) is 0 Å². The van der Waals surface area contributed by atoms with E-state index >= 15 is 0 Å². The van der Waals surface area contributed by atoms with Gasteiger partial charge in [0.15, 0.2) is 18.2 Å². The smallest absolute Gasteiger partial charge is 0.260 e. The molecule has 142 valence electrons. The Hall–Kier alpha value is -2.48. The summed E-state index contributed by atoms with van der Waals surface area (Å²) in [6, 6.07) is 9.85. The van der Waals surface area contributed by atoms with Crippen LogP contribution in [0.5, 0.6) is 5.75 Å². The first-order valence-corrected chi connectivity index (χ1v) is 9.14. The summed E-state index contributed by atoms with van der Waals surface area (Å²) in [5.41, 5.74) is 0.281. The molecule has 0 radical (unpaired) electrons. The van der Waals surface area contributed by atoms with Gasteiger partial charge in [0.1, 0.15) is 5.82 Å². The molecular weight excluding hydrogens is 422 g/mol. The van der Waals surface area contributed by atoms with E-state index in [1.54, 1.807) is 21.9 Å². The van der Waals surface area contributed by atoms with Crippen LogP contribution in [0.25, 0.3) is 0 Å². The van der Waals surface area contributed by atoms with Gasteiger partial charge in [0.25, 0.3) is 11.8 Å². The van der Waals surface area contributed by atoms with Crippen molar-refractivity contribution in [1.29, 1.82) is 0 Å². The van der Waals surface area contributed by atoms with Crippen LogP contribution in [0.4, 0.5) is 8.78 Å². The molecule has 5 nitrogen and oxygen atoms in total. The summed E-state index contributed by atoms with van der Waals surface area (Å²) in [7, 11) is 0. The molecule has 2 aromatic carbocycles. The van der Waals surface area contributed by atoms with Crippen molar-refractivity contribution in [3.63, 3.8) is 0 Å². The van der Waals surface area contributed by atoms with Crippen LogP contribution >= 0.6 is 15.9 Å². The van der Waals surface area contributed by atoms with Crippen LogP contribution in [-0.4, -0.2) is 54.4 Å². The molecule has 1 heterocycles. The largest absolute Gasteiger partial charge is 0.481 e. The average molecular weight is 439 g/mol. The van der Waals surface area contributed by atoms with Crippen LogP contribution in [0, 0.1) is 11.6 Å². The lowest BCUT2D eigenvalue weighted by molar-refractivity contribution is -0.134. The molecule has 0 saturated carbocycles. The van der Waals surface area contributed by atoms with E-state index in [0.29, 0.717) is 30.7 Å². The molecule has 1 saturated heterocycles. The number of piperazine rings is 1. The van der Waals surface area contributed by atoms with Crippen LogP contribution in [0.3, 0.4) is 0 Å². The minimum Gasteiger partial charge on any atom is -0.481 e. The van der Waals surface area contributed by atoms with Gasteiger partial charge in [0.2, 0.25) is 0 Å². The summed E-state index contributed by atoms with van der Waals surface area (Å²) in [6.07, 6.45) is 0. The minimum atomic E-state index is -0.553. The average Bonchev–Trinajstić information content (AvgIpc) is 2.66. The maximum Gasteiger partial charge on any atom is 0.260 e. The van der Waals surface area contributed by atoms with Crippen molar-refractivity contribution in [3.05, 3.63) is 64.1 Å². The lowest BCUT2D eigenvalue weighted by Gasteiger charge is -2.34. The second-order valence-electron chi connectivity index (χ2n) is 6.05. The Kier molecular flexibility index (Phi) is 6.05. The van der Waals surface area contributed by atoms with Crippen molar-refractivity contribution in [2.75, 3.05) is 32.8 Å². The molecule has 0 atom stereocenters. The van der Waals surface area contributed by atoms with E-state index in [4.69, 9.17) is 4.74 Å². The maximum atomic E-state index is 13.7. The minimum absolute atomic E-state index is 0.00599. The molecular formula is C19H17BrF2N2O3. The maximum absolute atomic E-state index is 13.7. The number of hydrogen-bond acceptors (Lipinski definition) is 3. The molecule has 1 aliphatic heterocycles. The van der Waals surface area contributed by atoms with Gasteiger partial charge in [-0.1, -0.05) is 22.0 Å². The van der Waals surface area contributed by atoms with Crippen LogP contribution in [0.15, 0.2) is 46.9 Å². The molecule has 2 aromatic rings. The molecule has 3 rings (SSSR count). The van der Waals surface area contributed by atoms with E-state index < -0.39 is 11.6 Å². The molecule has 1 aliphatic rings. The Bertz CT molecular complexity index is 855. The highest BCUT2D eigenvalue weighted by Gasteiger charge is 2.25. The number of rotatable bonds is 4. The van der Waals surface area contributed by atoms with Gasteiger partial charge < -0.3 is 14.5 Å². The third-order valence-corrected chi connectivity index (χ3v) is 4.73. The van der Waals surface area contributed by atoms with E-state index in [-0.39, 0.29) is 29.7 Å². The molecule has 0 aromatic heterocycles. The number of benzene rings is 2. The van der Waals surface area contributed by atoms with E-state index in [9.17, 15) is 18.4 Å². The van der Waals surface area contributed by atoms with Crippen molar-refractivity contribution in [3.8, 4) is 5.75 Å². The van der Waals surface area contributed by atoms with Gasteiger partial charge in [0.05, 0.1) is 0 Å². The van der Waals surface area contributed by atoms with Crippen LogP contribution in [0.1, 0.15) is 10.4 Å². The predicted molar refractivity (Wildman–Crippen MR) is 98.5 cm³/mol. The predicted octanol–water partition coefficient (Wildman–Crippen LogP) is 3.09. The van der Waals surface area contributed by atoms with E-state index in [2.05, 4.69) is 15.9 Å². The van der Waals surface area contributed by atoms with Gasteiger partial charge in [-0.25, -0.2) is 8.78 Å². The molecule has 0 N–H and O–H groups in total. The summed E-state index contributed by atoms with van der Waals surface area (Å²) < 4.78 is 32.8. The summed E-state index contributed by atoms with van der Waals surface area (Å²) in [6.45, 7) is 1.08. The molecule has 0 spiro atoms. The zero-order valence-electron chi connectivity index (χ0n) is 14.3. The number of carbonyl (C=O) groups is 2. The molecule has 8 heteroatoms. The van der Waals surface area contributed by atoms with E-state index in [1.165, 1.54) is 30.3 Å². The third-order valence-electron chi connectivity index (χ3n) is 4.24. The molecule has 0 aliphatic carbocycles. The normalized spacial score (nSPS) is 14.2. The fraction of sp³-hybridized carbons (Fsp3) is 0.263.